The van der Waals surface area contributed by atoms with Crippen LogP contribution in [-0.4, -0.2) is 62.3 Å². The normalized spacial score (nSPS) is 17.3. The molecule has 1 aliphatic heterocycles. The van der Waals surface area contributed by atoms with Crippen molar-refractivity contribution in [2.24, 2.45) is 0 Å². The second-order valence-corrected chi connectivity index (χ2v) is 9.71. The van der Waals surface area contributed by atoms with E-state index in [1.807, 2.05) is 11.0 Å². The predicted molar refractivity (Wildman–Crippen MR) is 113 cm³/mol. The lowest BCUT2D eigenvalue weighted by Gasteiger charge is -2.33. The maximum atomic E-state index is 13.0. The van der Waals surface area contributed by atoms with Gasteiger partial charge in [0.25, 0.3) is 0 Å². The highest BCUT2D eigenvalue weighted by atomic mass is 32.2. The third kappa shape index (κ3) is 5.15. The minimum Gasteiger partial charge on any atom is -0.467 e. The second kappa shape index (κ2) is 9.21. The molecule has 0 radical (unpaired) electrons. The van der Waals surface area contributed by atoms with Gasteiger partial charge < -0.3 is 9.73 Å². The van der Waals surface area contributed by atoms with E-state index in [9.17, 15) is 18.0 Å². The molecule has 0 spiro atoms. The zero-order valence-corrected chi connectivity index (χ0v) is 18.0. The van der Waals surface area contributed by atoms with Crippen molar-refractivity contribution in [1.82, 2.24) is 19.8 Å². The van der Waals surface area contributed by atoms with Crippen LogP contribution in [0.25, 0.3) is 0 Å². The van der Waals surface area contributed by atoms with Crippen molar-refractivity contribution in [1.29, 1.82) is 0 Å². The third-order valence-electron chi connectivity index (χ3n) is 5.66. The maximum absolute atomic E-state index is 13.0. The van der Waals surface area contributed by atoms with Crippen LogP contribution in [0.15, 0.2) is 45.9 Å². The van der Waals surface area contributed by atoms with Gasteiger partial charge >= 0.3 is 6.03 Å². The Morgan fingerprint density at radius 2 is 1.81 bits per heavy atom. The van der Waals surface area contributed by atoms with Gasteiger partial charge in [-0.3, -0.25) is 15.0 Å². The first-order valence-corrected chi connectivity index (χ1v) is 11.8. The van der Waals surface area contributed by atoms with Crippen molar-refractivity contribution in [2.45, 2.75) is 30.7 Å². The van der Waals surface area contributed by atoms with Gasteiger partial charge in [0.15, 0.2) is 0 Å². The topological polar surface area (TPSA) is 112 Å². The molecule has 31 heavy (non-hydrogen) atoms. The Morgan fingerprint density at radius 3 is 2.55 bits per heavy atom. The number of urea groups is 1. The van der Waals surface area contributed by atoms with Crippen molar-refractivity contribution in [2.75, 3.05) is 32.7 Å². The molecule has 2 aliphatic rings. The number of nitrogens with one attached hydrogen (secondary N) is 2. The quantitative estimate of drug-likeness (QED) is 0.687. The van der Waals surface area contributed by atoms with Crippen LogP contribution < -0.4 is 10.6 Å². The lowest BCUT2D eigenvalue weighted by Crippen LogP contribution is -2.52. The molecule has 0 unspecified atom stereocenters. The van der Waals surface area contributed by atoms with Gasteiger partial charge in [0.1, 0.15) is 5.76 Å². The molecule has 0 atom stereocenters. The highest BCUT2D eigenvalue weighted by molar-refractivity contribution is 7.89. The fraction of sp³-hybridized carbons (Fsp3) is 0.429. The molecule has 2 N–H and O–H groups in total. The lowest BCUT2D eigenvalue weighted by molar-refractivity contribution is -0.121. The molecule has 1 aliphatic carbocycles. The Hall–Kier alpha value is -2.69. The Labute approximate surface area is 181 Å². The van der Waals surface area contributed by atoms with Crippen molar-refractivity contribution in [3.05, 3.63) is 53.5 Å². The van der Waals surface area contributed by atoms with E-state index >= 15 is 0 Å². The van der Waals surface area contributed by atoms with Crippen LogP contribution in [0.3, 0.4) is 0 Å². The summed E-state index contributed by atoms with van der Waals surface area (Å²) in [7, 11) is -3.55. The number of nitrogens with zero attached hydrogens (tertiary/aromatic N) is 2. The third-order valence-corrected chi connectivity index (χ3v) is 7.56. The SMILES string of the molecule is O=C(CN1CCN(S(=O)(=O)c2ccc3c(c2)CCC3)CC1)NC(=O)NCc1ccco1. The molecule has 1 fully saturated rings. The number of amides is 3. The Bertz CT molecular complexity index is 1040. The van der Waals surface area contributed by atoms with Crippen LogP contribution in [0.1, 0.15) is 23.3 Å². The standard InChI is InChI=1S/C21H26N4O5S/c26-20(23-21(27)22-14-18-5-2-12-30-18)15-24-8-10-25(11-9-24)31(28,29)19-7-6-16-3-1-4-17(16)13-19/h2,5-7,12-13H,1,3-4,8-11,14-15H2,(H2,22,23,26,27). The maximum Gasteiger partial charge on any atom is 0.321 e. The fourth-order valence-corrected chi connectivity index (χ4v) is 5.45. The number of imide groups is 1. The molecule has 3 amide bonds. The number of hydrogen-bond donors (Lipinski definition) is 2. The highest BCUT2D eigenvalue weighted by Crippen LogP contribution is 2.26. The largest absolute Gasteiger partial charge is 0.467 e. The molecular formula is C21H26N4O5S. The van der Waals surface area contributed by atoms with E-state index in [0.717, 1.165) is 24.8 Å². The Morgan fingerprint density at radius 1 is 1.03 bits per heavy atom. The minimum atomic E-state index is -3.55. The van der Waals surface area contributed by atoms with E-state index in [1.165, 1.54) is 16.1 Å². The Kier molecular flexibility index (Phi) is 6.40. The van der Waals surface area contributed by atoms with E-state index in [-0.39, 0.29) is 13.1 Å². The molecule has 4 rings (SSSR count). The van der Waals surface area contributed by atoms with E-state index in [1.54, 1.807) is 24.3 Å². The molecule has 1 saturated heterocycles. The van der Waals surface area contributed by atoms with Crippen LogP contribution in [0.5, 0.6) is 0 Å². The second-order valence-electron chi connectivity index (χ2n) is 7.77. The van der Waals surface area contributed by atoms with Gasteiger partial charge in [-0.15, -0.1) is 0 Å². The molecule has 1 aromatic carbocycles. The summed E-state index contributed by atoms with van der Waals surface area (Å²) >= 11 is 0. The minimum absolute atomic E-state index is 0.0287. The molecule has 2 heterocycles. The number of piperazine rings is 1. The first-order valence-electron chi connectivity index (χ1n) is 10.4. The fourth-order valence-electron chi connectivity index (χ4n) is 3.98. The lowest BCUT2D eigenvalue weighted by atomic mass is 10.1. The molecule has 2 aromatic rings. The summed E-state index contributed by atoms with van der Waals surface area (Å²) in [4.78, 5) is 26.1. The van der Waals surface area contributed by atoms with E-state index in [4.69, 9.17) is 4.42 Å². The average Bonchev–Trinajstić information content (AvgIpc) is 3.44. The number of benzene rings is 1. The first kappa shape index (κ1) is 21.5. The van der Waals surface area contributed by atoms with Gasteiger partial charge in [-0.1, -0.05) is 6.07 Å². The summed E-state index contributed by atoms with van der Waals surface area (Å²) < 4.78 is 32.6. The van der Waals surface area contributed by atoms with Gasteiger partial charge in [0.2, 0.25) is 15.9 Å². The summed E-state index contributed by atoms with van der Waals surface area (Å²) in [5.74, 6) is 0.148. The van der Waals surface area contributed by atoms with Crippen molar-refractivity contribution < 1.29 is 22.4 Å². The summed E-state index contributed by atoms with van der Waals surface area (Å²) in [5.41, 5.74) is 2.37. The van der Waals surface area contributed by atoms with Gasteiger partial charge in [-0.05, 0) is 54.7 Å². The van der Waals surface area contributed by atoms with Crippen LogP contribution in [0, 0.1) is 0 Å². The molecular weight excluding hydrogens is 420 g/mol. The van der Waals surface area contributed by atoms with E-state index in [2.05, 4.69) is 10.6 Å². The van der Waals surface area contributed by atoms with Crippen LogP contribution in [-0.2, 0) is 34.2 Å². The predicted octanol–water partition coefficient (Wildman–Crippen LogP) is 1.10. The average molecular weight is 447 g/mol. The summed E-state index contributed by atoms with van der Waals surface area (Å²) in [6.07, 6.45) is 4.51. The smallest absolute Gasteiger partial charge is 0.321 e. The number of sulfonamides is 1. The summed E-state index contributed by atoms with van der Waals surface area (Å²) in [6.45, 7) is 1.66. The number of furan rings is 1. The molecule has 9 nitrogen and oxygen atoms in total. The summed E-state index contributed by atoms with van der Waals surface area (Å²) in [5, 5.41) is 4.82. The zero-order valence-electron chi connectivity index (χ0n) is 17.2. The highest BCUT2D eigenvalue weighted by Gasteiger charge is 2.30. The van der Waals surface area contributed by atoms with E-state index < -0.39 is 22.0 Å². The number of aryl methyl sites for hydroxylation is 2. The van der Waals surface area contributed by atoms with Crippen LogP contribution in [0.2, 0.25) is 0 Å². The first-order chi connectivity index (χ1) is 14.9. The monoisotopic (exact) mass is 446 g/mol. The van der Waals surface area contributed by atoms with Gasteiger partial charge in [-0.25, -0.2) is 13.2 Å². The van der Waals surface area contributed by atoms with Gasteiger partial charge in [0, 0.05) is 26.2 Å². The van der Waals surface area contributed by atoms with Crippen LogP contribution in [0.4, 0.5) is 4.79 Å². The molecule has 10 heteroatoms. The van der Waals surface area contributed by atoms with E-state index in [0.29, 0.717) is 36.8 Å². The molecule has 0 bridgehead atoms. The Balaban J connectivity index is 1.24. The molecule has 0 saturated carbocycles. The zero-order chi connectivity index (χ0) is 21.8. The van der Waals surface area contributed by atoms with Gasteiger partial charge in [-0.2, -0.15) is 4.31 Å². The van der Waals surface area contributed by atoms with Crippen molar-refractivity contribution >= 4 is 22.0 Å². The number of rotatable bonds is 6. The van der Waals surface area contributed by atoms with Crippen molar-refractivity contribution in [3.8, 4) is 0 Å². The number of carbonyl (C=O) groups excluding carboxylic acids is 2. The van der Waals surface area contributed by atoms with Crippen molar-refractivity contribution in [3.63, 3.8) is 0 Å². The number of fused-ring (bicyclic) bond motifs is 1. The number of hydrogen-bond acceptors (Lipinski definition) is 6. The van der Waals surface area contributed by atoms with Crippen LogP contribution >= 0.6 is 0 Å². The summed E-state index contributed by atoms with van der Waals surface area (Å²) in [6, 6.07) is 8.26. The number of carbonyl (C=O) groups is 2. The molecule has 1 aromatic heterocycles. The molecule has 166 valence electrons. The van der Waals surface area contributed by atoms with Gasteiger partial charge in [0.05, 0.1) is 24.2 Å².